The molecule has 0 unspecified atom stereocenters. The number of nitrogens with zero attached hydrogens (tertiary/aromatic N) is 3. The van der Waals surface area contributed by atoms with Gasteiger partial charge in [-0.3, -0.25) is 20.2 Å². The van der Waals surface area contributed by atoms with Crippen molar-refractivity contribution >= 4 is 26.9 Å². The molecule has 1 fully saturated rings. The van der Waals surface area contributed by atoms with Gasteiger partial charge in [0.2, 0.25) is 0 Å². The van der Waals surface area contributed by atoms with Crippen LogP contribution in [0.2, 0.25) is 0 Å². The van der Waals surface area contributed by atoms with Crippen molar-refractivity contribution in [3.05, 3.63) is 38.4 Å². The maximum absolute atomic E-state index is 11.5. The van der Waals surface area contributed by atoms with Crippen molar-refractivity contribution in [3.63, 3.8) is 0 Å². The molecule has 0 aromatic heterocycles. The second-order valence-electron chi connectivity index (χ2n) is 4.86. The number of non-ortho nitro benzene ring substituents is 1. The summed E-state index contributed by atoms with van der Waals surface area (Å²) in [5.74, 6) is -0.0274. The second-order valence-corrected chi connectivity index (χ2v) is 7.08. The van der Waals surface area contributed by atoms with Crippen molar-refractivity contribution in [1.82, 2.24) is 0 Å². The first kappa shape index (κ1) is 15.2. The van der Waals surface area contributed by atoms with Crippen molar-refractivity contribution < 1.29 is 18.3 Å². The van der Waals surface area contributed by atoms with Crippen molar-refractivity contribution in [3.8, 4) is 0 Å². The Morgan fingerprint density at radius 2 is 1.90 bits per heavy atom. The first-order chi connectivity index (χ1) is 9.71. The van der Waals surface area contributed by atoms with Crippen LogP contribution in [0.5, 0.6) is 0 Å². The molecule has 0 saturated carbocycles. The topological polar surface area (TPSA) is 124 Å². The third kappa shape index (κ3) is 3.10. The van der Waals surface area contributed by atoms with E-state index in [4.69, 9.17) is 0 Å². The molecule has 0 amide bonds. The fraction of sp³-hybridized carbons (Fsp3) is 0.455. The maximum Gasteiger partial charge on any atom is 0.299 e. The highest BCUT2D eigenvalue weighted by molar-refractivity contribution is 7.91. The van der Waals surface area contributed by atoms with Gasteiger partial charge in [0.15, 0.2) is 9.84 Å². The van der Waals surface area contributed by atoms with Crippen LogP contribution in [0.4, 0.5) is 17.1 Å². The van der Waals surface area contributed by atoms with E-state index in [0.717, 1.165) is 6.07 Å². The maximum atomic E-state index is 11.5. The van der Waals surface area contributed by atoms with Gasteiger partial charge >= 0.3 is 0 Å². The zero-order valence-electron chi connectivity index (χ0n) is 11.1. The summed E-state index contributed by atoms with van der Waals surface area (Å²) in [7, 11) is -1.57. The number of nitro groups is 2. The molecular formula is C11H13N3O6S. The van der Waals surface area contributed by atoms with Crippen molar-refractivity contribution in [2.45, 2.75) is 12.5 Å². The van der Waals surface area contributed by atoms with E-state index in [1.807, 2.05) is 0 Å². The summed E-state index contributed by atoms with van der Waals surface area (Å²) >= 11 is 0. The Hall–Kier alpha value is -2.23. The van der Waals surface area contributed by atoms with E-state index in [-0.39, 0.29) is 28.9 Å². The summed E-state index contributed by atoms with van der Waals surface area (Å²) in [5.41, 5.74) is -0.610. The molecule has 0 N–H and O–H groups in total. The third-order valence-electron chi connectivity index (χ3n) is 3.50. The molecule has 1 atom stereocenters. The molecule has 1 aromatic rings. The van der Waals surface area contributed by atoms with Crippen LogP contribution in [0.3, 0.4) is 0 Å². The highest BCUT2D eigenvalue weighted by Gasteiger charge is 2.33. The average molecular weight is 315 g/mol. The second kappa shape index (κ2) is 5.28. The standard InChI is InChI=1S/C11H13N3O6S/c1-12(9-4-5-21(19,20)7-9)10-3-2-8(13(15)16)6-11(10)14(17)18/h2-3,6,9H,4-5,7H2,1H3/t9-/m1/s1. The molecule has 114 valence electrons. The molecule has 1 heterocycles. The summed E-state index contributed by atoms with van der Waals surface area (Å²) in [6.07, 6.45) is 0.382. The van der Waals surface area contributed by atoms with E-state index in [0.29, 0.717) is 6.42 Å². The first-order valence-electron chi connectivity index (χ1n) is 6.07. The smallest absolute Gasteiger partial charge is 0.299 e. The zero-order valence-corrected chi connectivity index (χ0v) is 11.9. The van der Waals surface area contributed by atoms with E-state index >= 15 is 0 Å². The minimum atomic E-state index is -3.12. The molecule has 10 heteroatoms. The molecule has 1 aliphatic heterocycles. The van der Waals surface area contributed by atoms with Gasteiger partial charge in [0, 0.05) is 19.2 Å². The van der Waals surface area contributed by atoms with Crippen LogP contribution in [0.15, 0.2) is 18.2 Å². The lowest BCUT2D eigenvalue weighted by Gasteiger charge is -2.25. The number of nitro benzene ring substituents is 2. The van der Waals surface area contributed by atoms with E-state index in [9.17, 15) is 28.6 Å². The molecule has 0 aliphatic carbocycles. The van der Waals surface area contributed by atoms with Gasteiger partial charge in [0.1, 0.15) is 5.69 Å². The summed E-state index contributed by atoms with van der Waals surface area (Å²) in [6.45, 7) is 0. The van der Waals surface area contributed by atoms with Gasteiger partial charge < -0.3 is 4.90 Å². The Bertz CT molecular complexity index is 702. The van der Waals surface area contributed by atoms with E-state index < -0.39 is 25.4 Å². The Morgan fingerprint density at radius 3 is 2.38 bits per heavy atom. The summed E-state index contributed by atoms with van der Waals surface area (Å²) in [6, 6.07) is 2.97. The molecule has 1 aromatic carbocycles. The zero-order chi connectivity index (χ0) is 15.8. The van der Waals surface area contributed by atoms with Gasteiger partial charge in [0.25, 0.3) is 11.4 Å². The highest BCUT2D eigenvalue weighted by atomic mass is 32.2. The van der Waals surface area contributed by atoms with E-state index in [1.54, 1.807) is 7.05 Å². The van der Waals surface area contributed by atoms with Crippen LogP contribution in [-0.2, 0) is 9.84 Å². The number of sulfone groups is 1. The lowest BCUT2D eigenvalue weighted by molar-refractivity contribution is -0.393. The van der Waals surface area contributed by atoms with Gasteiger partial charge in [-0.2, -0.15) is 0 Å². The fourth-order valence-electron chi connectivity index (χ4n) is 2.35. The predicted molar refractivity (Wildman–Crippen MR) is 75.2 cm³/mol. The summed E-state index contributed by atoms with van der Waals surface area (Å²) in [5, 5.41) is 21.8. The lowest BCUT2D eigenvalue weighted by atomic mass is 10.1. The Kier molecular flexibility index (Phi) is 3.81. The number of anilines is 1. The largest absolute Gasteiger partial charge is 0.365 e. The van der Waals surface area contributed by atoms with Gasteiger partial charge in [0.05, 0.1) is 27.4 Å². The molecule has 1 saturated heterocycles. The van der Waals surface area contributed by atoms with Crippen molar-refractivity contribution in [2.75, 3.05) is 23.5 Å². The van der Waals surface area contributed by atoms with Gasteiger partial charge in [-0.25, -0.2) is 8.42 Å². The van der Waals surface area contributed by atoms with Crippen LogP contribution in [-0.4, -0.2) is 42.9 Å². The van der Waals surface area contributed by atoms with Crippen LogP contribution in [0, 0.1) is 20.2 Å². The molecule has 9 nitrogen and oxygen atoms in total. The van der Waals surface area contributed by atoms with Crippen molar-refractivity contribution in [2.24, 2.45) is 0 Å². The molecule has 21 heavy (non-hydrogen) atoms. The summed E-state index contributed by atoms with van der Waals surface area (Å²) < 4.78 is 23.0. The molecule has 2 rings (SSSR count). The number of benzene rings is 1. The Labute approximate surface area is 120 Å². The molecule has 0 radical (unpaired) electrons. The monoisotopic (exact) mass is 315 g/mol. The molecule has 1 aliphatic rings. The van der Waals surface area contributed by atoms with E-state index in [2.05, 4.69) is 0 Å². The van der Waals surface area contributed by atoms with Crippen molar-refractivity contribution in [1.29, 1.82) is 0 Å². The fourth-order valence-corrected chi connectivity index (χ4v) is 4.12. The SMILES string of the molecule is CN(c1ccc([N+](=O)[O-])cc1[N+](=O)[O-])[C@@H]1CCS(=O)(=O)C1. The lowest BCUT2D eigenvalue weighted by Crippen LogP contribution is -2.32. The van der Waals surface area contributed by atoms with Gasteiger partial charge in [-0.15, -0.1) is 0 Å². The normalized spacial score (nSPS) is 20.1. The Morgan fingerprint density at radius 1 is 1.24 bits per heavy atom. The van der Waals surface area contributed by atoms with Crippen LogP contribution >= 0.6 is 0 Å². The van der Waals surface area contributed by atoms with Crippen LogP contribution in [0.1, 0.15) is 6.42 Å². The number of hydrogen-bond donors (Lipinski definition) is 0. The highest BCUT2D eigenvalue weighted by Crippen LogP contribution is 2.34. The molecular weight excluding hydrogens is 302 g/mol. The van der Waals surface area contributed by atoms with Crippen LogP contribution < -0.4 is 4.90 Å². The summed E-state index contributed by atoms with van der Waals surface area (Å²) in [4.78, 5) is 21.9. The Balaban J connectivity index is 2.39. The minimum absolute atomic E-state index is 0.0444. The minimum Gasteiger partial charge on any atom is -0.365 e. The average Bonchev–Trinajstić information content (AvgIpc) is 2.77. The van der Waals surface area contributed by atoms with Gasteiger partial charge in [-0.05, 0) is 12.5 Å². The first-order valence-corrected chi connectivity index (χ1v) is 7.89. The van der Waals surface area contributed by atoms with Gasteiger partial charge in [-0.1, -0.05) is 0 Å². The quantitative estimate of drug-likeness (QED) is 0.602. The van der Waals surface area contributed by atoms with E-state index in [1.165, 1.54) is 17.0 Å². The third-order valence-corrected chi connectivity index (χ3v) is 5.25. The molecule has 0 spiro atoms. The predicted octanol–water partition coefficient (Wildman–Crippen LogP) is 1.13. The number of rotatable bonds is 4. The van der Waals surface area contributed by atoms with Crippen LogP contribution in [0.25, 0.3) is 0 Å². The molecule has 0 bridgehead atoms. The number of hydrogen-bond acceptors (Lipinski definition) is 7.